The van der Waals surface area contributed by atoms with Gasteiger partial charge in [0.05, 0.1) is 0 Å². The third kappa shape index (κ3) is 2.44. The van der Waals surface area contributed by atoms with Crippen molar-refractivity contribution in [2.75, 3.05) is 5.88 Å². The average Bonchev–Trinajstić information content (AvgIpc) is 2.19. The van der Waals surface area contributed by atoms with Gasteiger partial charge < -0.3 is 0 Å². The molecule has 0 radical (unpaired) electrons. The predicted octanol–water partition coefficient (Wildman–Crippen LogP) is 0.725. The van der Waals surface area contributed by atoms with E-state index in [1.807, 2.05) is 0 Å². The first kappa shape index (κ1) is 7.67. The molecule has 0 aromatic rings. The van der Waals surface area contributed by atoms with E-state index >= 15 is 0 Å². The summed E-state index contributed by atoms with van der Waals surface area (Å²) in [6, 6.07) is 0. The molecule has 0 aromatic carbocycles. The van der Waals surface area contributed by atoms with E-state index in [2.05, 4.69) is 3.83 Å². The van der Waals surface area contributed by atoms with Crippen LogP contribution < -0.4 is 0 Å². The Morgan fingerprint density at radius 2 is 2.62 bits per heavy atom. The van der Waals surface area contributed by atoms with Crippen LogP contribution in [0.2, 0.25) is 0 Å². The molecule has 1 aliphatic rings. The Morgan fingerprint density at radius 3 is 3.12 bits per heavy atom. The van der Waals surface area contributed by atoms with Gasteiger partial charge in [0.15, 0.2) is 0 Å². The zero-order valence-electron chi connectivity index (χ0n) is 4.43. The number of hydrogen-bond donors (Lipinski definition) is 0. The summed E-state index contributed by atoms with van der Waals surface area (Å²) in [5, 5.41) is 0. The fourth-order valence-corrected chi connectivity index (χ4v) is 15.3. The first-order valence-corrected chi connectivity index (χ1v) is 21.0. The van der Waals surface area contributed by atoms with E-state index in [-0.39, 0.29) is 35.6 Å². The first-order chi connectivity index (χ1) is 3.93. The average molecular weight is 334 g/mol. The van der Waals surface area contributed by atoms with Crippen LogP contribution in [0.5, 0.6) is 0 Å². The Kier molecular flexibility index (Phi) is 4.22. The van der Waals surface area contributed by atoms with Crippen molar-refractivity contribution in [3.8, 4) is 0 Å². The van der Waals surface area contributed by atoms with E-state index in [0.717, 1.165) is 12.3 Å². The molecule has 0 bridgehead atoms. The molecule has 1 heterocycles. The maximum atomic E-state index is 5.50. The van der Waals surface area contributed by atoms with Crippen molar-refractivity contribution in [1.82, 2.24) is 0 Å². The van der Waals surface area contributed by atoms with E-state index in [9.17, 15) is 0 Å². The quantitative estimate of drug-likeness (QED) is 0.677. The van der Waals surface area contributed by atoms with Gasteiger partial charge in [-0.05, 0) is 0 Å². The molecule has 1 aliphatic heterocycles. The second-order valence-corrected chi connectivity index (χ2v) is 18.0. The molecule has 0 amide bonds. The zero-order valence-corrected chi connectivity index (χ0v) is 11.8. The molecule has 1 rings (SSSR count). The van der Waals surface area contributed by atoms with E-state index in [1.165, 1.54) is 5.76 Å². The maximum absolute atomic E-state index is 5.50. The number of halogens is 1. The van der Waals surface area contributed by atoms with Crippen LogP contribution in [0, 0.1) is 0 Å². The summed E-state index contributed by atoms with van der Waals surface area (Å²) in [7, 11) is 0. The molecular formula is C4H5ClIn2O. The molecular weight excluding hydrogens is 329 g/mol. The summed E-state index contributed by atoms with van der Waals surface area (Å²) in [6.45, 7) is 0. The fourth-order valence-electron chi connectivity index (χ4n) is 0.548. The Labute approximate surface area is 71.0 Å². The van der Waals surface area contributed by atoms with Gasteiger partial charge >= 0.3 is 72.0 Å². The SMILES string of the molecule is ClCCC1=[CH][In]=[In][O]1. The van der Waals surface area contributed by atoms with Crippen LogP contribution in [-0.4, -0.2) is 41.5 Å². The molecule has 0 spiro atoms. The molecule has 0 saturated heterocycles. The molecule has 0 aliphatic carbocycles. The molecule has 4 heteroatoms. The minimum atomic E-state index is -0.365. The standard InChI is InChI=1S/C4H6ClO.2In/c1-4(6)2-3-5;;/h1,6H,2-3H2;;/q;;+1/p-1. The van der Waals surface area contributed by atoms with Crippen LogP contribution in [0.3, 0.4) is 0 Å². The van der Waals surface area contributed by atoms with Gasteiger partial charge in [-0.15, -0.1) is 0 Å². The van der Waals surface area contributed by atoms with Crippen LogP contribution in [0.25, 0.3) is 0 Å². The van der Waals surface area contributed by atoms with Crippen molar-refractivity contribution < 1.29 is 2.85 Å². The van der Waals surface area contributed by atoms with Gasteiger partial charge in [-0.2, -0.15) is 0 Å². The molecule has 0 unspecified atom stereocenters. The molecule has 1 nitrogen and oxygen atoms in total. The van der Waals surface area contributed by atoms with Crippen molar-refractivity contribution in [1.29, 1.82) is 0 Å². The van der Waals surface area contributed by atoms with Gasteiger partial charge in [0, 0.05) is 0 Å². The van der Waals surface area contributed by atoms with Crippen molar-refractivity contribution in [3.63, 3.8) is 0 Å². The number of alkyl halides is 1. The number of allylic oxidation sites excluding steroid dienone is 1. The van der Waals surface area contributed by atoms with Crippen molar-refractivity contribution in [2.45, 2.75) is 6.42 Å². The zero-order chi connectivity index (χ0) is 5.82. The van der Waals surface area contributed by atoms with Crippen LogP contribution in [-0.2, 0) is 2.85 Å². The fraction of sp³-hybridized carbons (Fsp3) is 0.500. The van der Waals surface area contributed by atoms with Crippen molar-refractivity contribution in [2.24, 2.45) is 0 Å². The normalized spacial score (nSPS) is 13.9. The number of hydrogen-bond acceptors (Lipinski definition) is 1. The van der Waals surface area contributed by atoms with Gasteiger partial charge in [0.1, 0.15) is 0 Å². The van der Waals surface area contributed by atoms with Gasteiger partial charge in [-0.25, -0.2) is 0 Å². The van der Waals surface area contributed by atoms with Crippen LogP contribution >= 0.6 is 11.6 Å². The predicted molar refractivity (Wildman–Crippen MR) is 36.0 cm³/mol. The van der Waals surface area contributed by atoms with Gasteiger partial charge in [0.25, 0.3) is 0 Å². The summed E-state index contributed by atoms with van der Waals surface area (Å²) in [5.74, 6) is 1.97. The Hall–Kier alpha value is 1.57. The van der Waals surface area contributed by atoms with E-state index < -0.39 is 0 Å². The monoisotopic (exact) mass is 334 g/mol. The Balaban J connectivity index is 2.28. The van der Waals surface area contributed by atoms with Crippen LogP contribution in [0.4, 0.5) is 0 Å². The van der Waals surface area contributed by atoms with E-state index in [1.54, 1.807) is 0 Å². The summed E-state index contributed by atoms with van der Waals surface area (Å²) in [6.07, 6.45) is 0.985. The van der Waals surface area contributed by atoms with E-state index in [4.69, 9.17) is 14.5 Å². The molecule has 0 aromatic heterocycles. The molecule has 0 fully saturated rings. The second-order valence-electron chi connectivity index (χ2n) is 1.52. The third-order valence-electron chi connectivity index (χ3n) is 0.921. The van der Waals surface area contributed by atoms with Gasteiger partial charge in [-0.1, -0.05) is 0 Å². The Morgan fingerprint density at radius 1 is 1.75 bits per heavy atom. The van der Waals surface area contributed by atoms with E-state index in [0.29, 0.717) is 0 Å². The topological polar surface area (TPSA) is 9.23 Å². The van der Waals surface area contributed by atoms with Crippen LogP contribution in [0.15, 0.2) is 9.59 Å². The molecule has 40 valence electrons. The molecule has 8 heavy (non-hydrogen) atoms. The molecule has 0 saturated carbocycles. The second kappa shape index (κ2) is 4.40. The minimum absolute atomic E-state index is 0.156. The summed E-state index contributed by atoms with van der Waals surface area (Å²) in [4.78, 5) is 0. The number of rotatable bonds is 2. The van der Waals surface area contributed by atoms with Crippen molar-refractivity contribution in [3.05, 3.63) is 9.59 Å². The van der Waals surface area contributed by atoms with Gasteiger partial charge in [0.2, 0.25) is 0 Å². The third-order valence-corrected chi connectivity index (χ3v) is 13.7. The summed E-state index contributed by atoms with van der Waals surface area (Å²) < 4.78 is 7.82. The van der Waals surface area contributed by atoms with Crippen molar-refractivity contribution >= 4 is 47.2 Å². The first-order valence-electron chi connectivity index (χ1n) is 2.52. The Bertz CT molecular complexity index is 132. The molecule has 0 atom stereocenters. The molecule has 0 N–H and O–H groups in total. The van der Waals surface area contributed by atoms with Gasteiger partial charge in [-0.3, -0.25) is 0 Å². The summed E-state index contributed by atoms with van der Waals surface area (Å²) >= 11 is 4.98. The summed E-state index contributed by atoms with van der Waals surface area (Å²) in [5.41, 5.74) is 0. The van der Waals surface area contributed by atoms with Crippen LogP contribution in [0.1, 0.15) is 6.42 Å².